The van der Waals surface area contributed by atoms with Crippen molar-refractivity contribution in [2.24, 2.45) is 0 Å². The van der Waals surface area contributed by atoms with Crippen LogP contribution in [-0.4, -0.2) is 31.7 Å². The summed E-state index contributed by atoms with van der Waals surface area (Å²) in [7, 11) is 1.57. The van der Waals surface area contributed by atoms with Gasteiger partial charge < -0.3 is 20.1 Å². The number of ether oxygens (including phenoxy) is 2. The molecule has 2 aromatic rings. The molecule has 0 aliphatic heterocycles. The molecule has 0 unspecified atom stereocenters. The summed E-state index contributed by atoms with van der Waals surface area (Å²) in [5, 5.41) is 18.0. The molecule has 0 spiro atoms. The zero-order valence-electron chi connectivity index (χ0n) is 15.5. The molecule has 7 nitrogen and oxygen atoms in total. The Kier molecular flexibility index (Phi) is 10.2. The molecule has 0 radical (unpaired) electrons. The third kappa shape index (κ3) is 6.60. The highest BCUT2D eigenvalue weighted by Crippen LogP contribution is 2.36. The molecule has 0 bridgehead atoms. The molecule has 154 valence electrons. The number of nitro groups is 1. The Morgan fingerprint density at radius 1 is 1.14 bits per heavy atom. The van der Waals surface area contributed by atoms with Crippen LogP contribution in [0.4, 0.5) is 11.4 Å². The molecule has 0 amide bonds. The number of nitro benzene ring substituents is 1. The molecule has 0 saturated carbocycles. The molecule has 0 fully saturated rings. The van der Waals surface area contributed by atoms with Crippen molar-refractivity contribution in [3.05, 3.63) is 56.1 Å². The van der Waals surface area contributed by atoms with E-state index in [9.17, 15) is 10.1 Å². The van der Waals surface area contributed by atoms with Crippen LogP contribution < -0.4 is 20.1 Å². The number of hydrogen-bond donors (Lipinski definition) is 2. The Labute approximate surface area is 179 Å². The second kappa shape index (κ2) is 11.8. The van der Waals surface area contributed by atoms with Crippen molar-refractivity contribution in [1.29, 1.82) is 0 Å². The second-order valence-corrected chi connectivity index (χ2v) is 6.38. The first-order chi connectivity index (χ1) is 13.0. The molecule has 0 aliphatic carbocycles. The number of nitrogens with zero attached hydrogens (tertiary/aromatic N) is 1. The van der Waals surface area contributed by atoms with Crippen molar-refractivity contribution >= 4 is 47.0 Å². The number of benzene rings is 2. The first kappa shape index (κ1) is 24.1. The lowest BCUT2D eigenvalue weighted by molar-refractivity contribution is -0.384. The number of rotatable bonds is 10. The van der Waals surface area contributed by atoms with Gasteiger partial charge in [-0.3, -0.25) is 10.1 Å². The van der Waals surface area contributed by atoms with Crippen LogP contribution in [0.5, 0.6) is 11.5 Å². The largest absolute Gasteiger partial charge is 0.493 e. The molecule has 2 N–H and O–H groups in total. The molecule has 0 heterocycles. The highest BCUT2D eigenvalue weighted by molar-refractivity contribution is 6.33. The predicted molar refractivity (Wildman–Crippen MR) is 115 cm³/mol. The molecular weight excluding hydrogens is 429 g/mol. The maximum Gasteiger partial charge on any atom is 0.271 e. The van der Waals surface area contributed by atoms with Gasteiger partial charge in [0.05, 0.1) is 34.4 Å². The van der Waals surface area contributed by atoms with E-state index in [-0.39, 0.29) is 18.1 Å². The van der Waals surface area contributed by atoms with Crippen LogP contribution in [0.25, 0.3) is 0 Å². The van der Waals surface area contributed by atoms with Crippen molar-refractivity contribution < 1.29 is 14.4 Å². The Morgan fingerprint density at radius 3 is 2.50 bits per heavy atom. The number of anilines is 1. The van der Waals surface area contributed by atoms with Gasteiger partial charge in [0.2, 0.25) is 0 Å². The van der Waals surface area contributed by atoms with Crippen molar-refractivity contribution in [1.82, 2.24) is 5.32 Å². The quantitative estimate of drug-likeness (QED) is 0.303. The Balaban J connectivity index is 0.00000392. The monoisotopic (exact) mass is 449 g/mol. The molecule has 10 heteroatoms. The molecule has 2 rings (SSSR count). The Morgan fingerprint density at radius 2 is 1.89 bits per heavy atom. The molecule has 0 atom stereocenters. The smallest absolute Gasteiger partial charge is 0.271 e. The van der Waals surface area contributed by atoms with Gasteiger partial charge in [-0.15, -0.1) is 12.4 Å². The lowest BCUT2D eigenvalue weighted by Crippen LogP contribution is -2.22. The van der Waals surface area contributed by atoms with E-state index in [2.05, 4.69) is 10.6 Å². The van der Waals surface area contributed by atoms with E-state index in [1.165, 1.54) is 12.1 Å². The first-order valence-corrected chi connectivity index (χ1v) is 9.09. The maximum atomic E-state index is 10.7. The summed E-state index contributed by atoms with van der Waals surface area (Å²) in [4.78, 5) is 10.2. The van der Waals surface area contributed by atoms with Crippen LogP contribution in [0.3, 0.4) is 0 Å². The van der Waals surface area contributed by atoms with Crippen molar-refractivity contribution in [3.63, 3.8) is 0 Å². The van der Waals surface area contributed by atoms with Crippen molar-refractivity contribution in [2.75, 3.05) is 32.1 Å². The highest BCUT2D eigenvalue weighted by atomic mass is 35.5. The summed E-state index contributed by atoms with van der Waals surface area (Å²) in [6.07, 6.45) is 0. The normalized spacial score (nSPS) is 10.1. The summed E-state index contributed by atoms with van der Waals surface area (Å²) >= 11 is 12.3. The SMILES string of the molecule is CCOc1c(Cl)cc(CNCCNc2ccc([N+](=O)[O-])cc2Cl)cc1OC.Cl. The predicted octanol–water partition coefficient (Wildman–Crippen LogP) is 4.93. The number of non-ortho nitro benzene ring substituents is 1. The number of nitrogens with one attached hydrogen (secondary N) is 2. The fraction of sp³-hybridized carbons (Fsp3) is 0.333. The first-order valence-electron chi connectivity index (χ1n) is 8.34. The summed E-state index contributed by atoms with van der Waals surface area (Å²) in [6.45, 7) is 4.23. The van der Waals surface area contributed by atoms with Gasteiger partial charge in [-0.2, -0.15) is 0 Å². The fourth-order valence-electron chi connectivity index (χ4n) is 2.44. The fourth-order valence-corrected chi connectivity index (χ4v) is 2.97. The van der Waals surface area contributed by atoms with Crippen molar-refractivity contribution in [2.45, 2.75) is 13.5 Å². The number of hydrogen-bond acceptors (Lipinski definition) is 6. The zero-order valence-corrected chi connectivity index (χ0v) is 17.8. The maximum absolute atomic E-state index is 10.7. The van der Waals surface area contributed by atoms with Gasteiger partial charge in [-0.25, -0.2) is 0 Å². The Bertz CT molecular complexity index is 806. The molecule has 28 heavy (non-hydrogen) atoms. The third-order valence-corrected chi connectivity index (χ3v) is 4.28. The standard InChI is InChI=1S/C18H21Cl2N3O4.ClH/c1-3-27-18-15(20)8-12(9-17(18)26-2)11-21-6-7-22-16-5-4-13(23(24)25)10-14(16)19;/h4-5,8-10,21-22H,3,6-7,11H2,1-2H3;1H. The van der Waals surface area contributed by atoms with E-state index in [0.29, 0.717) is 53.5 Å². The van der Waals surface area contributed by atoms with Crippen LogP contribution >= 0.6 is 35.6 Å². The number of halogens is 3. The topological polar surface area (TPSA) is 85.7 Å². The summed E-state index contributed by atoms with van der Waals surface area (Å²) in [5.74, 6) is 1.14. The molecule has 0 aliphatic rings. The Hall–Kier alpha value is -1.93. The summed E-state index contributed by atoms with van der Waals surface area (Å²) < 4.78 is 10.8. The third-order valence-electron chi connectivity index (χ3n) is 3.69. The van der Waals surface area contributed by atoms with Gasteiger partial charge in [0.15, 0.2) is 11.5 Å². The van der Waals surface area contributed by atoms with Gasteiger partial charge in [0, 0.05) is 31.8 Å². The number of methoxy groups -OCH3 is 1. The van der Waals surface area contributed by atoms with E-state index < -0.39 is 4.92 Å². The lowest BCUT2D eigenvalue weighted by Gasteiger charge is -2.14. The van der Waals surface area contributed by atoms with Crippen LogP contribution in [0, 0.1) is 10.1 Å². The minimum Gasteiger partial charge on any atom is -0.493 e. The average Bonchev–Trinajstić information content (AvgIpc) is 2.64. The van der Waals surface area contributed by atoms with Crippen molar-refractivity contribution in [3.8, 4) is 11.5 Å². The van der Waals surface area contributed by atoms with Crippen LogP contribution in [-0.2, 0) is 6.54 Å². The molecule has 2 aromatic carbocycles. The molecule has 0 saturated heterocycles. The van der Waals surface area contributed by atoms with Crippen LogP contribution in [0.1, 0.15) is 12.5 Å². The molecule has 0 aromatic heterocycles. The average molecular weight is 451 g/mol. The lowest BCUT2D eigenvalue weighted by atomic mass is 10.2. The van der Waals surface area contributed by atoms with E-state index in [1.54, 1.807) is 13.2 Å². The van der Waals surface area contributed by atoms with E-state index in [1.807, 2.05) is 19.1 Å². The van der Waals surface area contributed by atoms with E-state index >= 15 is 0 Å². The van der Waals surface area contributed by atoms with Crippen LogP contribution in [0.2, 0.25) is 10.0 Å². The van der Waals surface area contributed by atoms with Crippen LogP contribution in [0.15, 0.2) is 30.3 Å². The minimum absolute atomic E-state index is 0. The highest BCUT2D eigenvalue weighted by Gasteiger charge is 2.12. The van der Waals surface area contributed by atoms with Gasteiger partial charge in [0.25, 0.3) is 5.69 Å². The zero-order chi connectivity index (χ0) is 19.8. The van der Waals surface area contributed by atoms with Gasteiger partial charge in [-0.05, 0) is 30.7 Å². The van der Waals surface area contributed by atoms with Gasteiger partial charge in [-0.1, -0.05) is 23.2 Å². The summed E-state index contributed by atoms with van der Waals surface area (Å²) in [5.41, 5.74) is 1.58. The summed E-state index contributed by atoms with van der Waals surface area (Å²) in [6, 6.07) is 8.05. The van der Waals surface area contributed by atoms with E-state index in [4.69, 9.17) is 32.7 Å². The van der Waals surface area contributed by atoms with Gasteiger partial charge >= 0.3 is 0 Å². The second-order valence-electron chi connectivity index (χ2n) is 5.57. The van der Waals surface area contributed by atoms with Gasteiger partial charge in [0.1, 0.15) is 0 Å². The minimum atomic E-state index is -0.479. The molecular formula is C18H22Cl3N3O4. The van der Waals surface area contributed by atoms with E-state index in [0.717, 1.165) is 5.56 Å².